The molecule has 6 heteroatoms. The summed E-state index contributed by atoms with van der Waals surface area (Å²) < 4.78 is 5.97. The third kappa shape index (κ3) is 4.99. The summed E-state index contributed by atoms with van der Waals surface area (Å²) >= 11 is 6.22. The first kappa shape index (κ1) is 20.4. The van der Waals surface area contributed by atoms with Crippen molar-refractivity contribution in [3.05, 3.63) is 94.8 Å². The zero-order chi connectivity index (χ0) is 20.8. The number of rotatable bonds is 6. The van der Waals surface area contributed by atoms with Gasteiger partial charge in [0.15, 0.2) is 0 Å². The lowest BCUT2D eigenvalue weighted by atomic mass is 10.1. The van der Waals surface area contributed by atoms with Gasteiger partial charge in [-0.1, -0.05) is 41.9 Å². The molecule has 5 nitrogen and oxygen atoms in total. The number of amides is 1. The highest BCUT2D eigenvalue weighted by Gasteiger charge is 2.24. The van der Waals surface area contributed by atoms with E-state index in [4.69, 9.17) is 16.3 Å². The molecule has 0 radical (unpaired) electrons. The quantitative estimate of drug-likeness (QED) is 0.596. The molecule has 0 unspecified atom stereocenters. The standard InChI is InChI=1S/C24H24ClN3O2/c25-22-7-3-1-5-20(22)18-30-23-8-4-2-6-21(23)24(29)28-15-13-27(14-16-28)17-19-9-11-26-12-10-19/h1-12H,13-18H2. The van der Waals surface area contributed by atoms with Crippen LogP contribution in [0.25, 0.3) is 0 Å². The first-order chi connectivity index (χ1) is 14.7. The Morgan fingerprint density at radius 3 is 2.40 bits per heavy atom. The summed E-state index contributed by atoms with van der Waals surface area (Å²) in [7, 11) is 0. The number of pyridine rings is 1. The van der Waals surface area contributed by atoms with E-state index in [0.29, 0.717) is 36.0 Å². The summed E-state index contributed by atoms with van der Waals surface area (Å²) in [6, 6.07) is 19.1. The molecule has 2 aromatic carbocycles. The lowest BCUT2D eigenvalue weighted by Crippen LogP contribution is -2.48. The minimum atomic E-state index is 0.00770. The topological polar surface area (TPSA) is 45.7 Å². The zero-order valence-corrected chi connectivity index (χ0v) is 17.5. The molecule has 0 spiro atoms. The van der Waals surface area contributed by atoms with Crippen LogP contribution in [0.5, 0.6) is 5.75 Å². The second-order valence-corrected chi connectivity index (χ2v) is 7.71. The van der Waals surface area contributed by atoms with Crippen molar-refractivity contribution in [3.63, 3.8) is 0 Å². The van der Waals surface area contributed by atoms with Gasteiger partial charge in [-0.25, -0.2) is 0 Å². The predicted octanol–water partition coefficient (Wildman–Crippen LogP) is 4.27. The smallest absolute Gasteiger partial charge is 0.257 e. The zero-order valence-electron chi connectivity index (χ0n) is 16.7. The Morgan fingerprint density at radius 2 is 1.63 bits per heavy atom. The number of ether oxygens (including phenoxy) is 1. The van der Waals surface area contributed by atoms with E-state index < -0.39 is 0 Å². The summed E-state index contributed by atoms with van der Waals surface area (Å²) in [6.07, 6.45) is 3.63. The molecule has 1 saturated heterocycles. The SMILES string of the molecule is O=C(c1ccccc1OCc1ccccc1Cl)N1CCN(Cc2ccncc2)CC1. The van der Waals surface area contributed by atoms with Crippen molar-refractivity contribution in [1.29, 1.82) is 0 Å². The molecule has 1 amide bonds. The Labute approximate surface area is 181 Å². The molecule has 0 saturated carbocycles. The lowest BCUT2D eigenvalue weighted by Gasteiger charge is -2.35. The van der Waals surface area contributed by atoms with E-state index >= 15 is 0 Å². The number of hydrogen-bond donors (Lipinski definition) is 0. The molecule has 1 fully saturated rings. The van der Waals surface area contributed by atoms with Gasteiger partial charge in [0.2, 0.25) is 0 Å². The van der Waals surface area contributed by atoms with Crippen molar-refractivity contribution in [2.45, 2.75) is 13.2 Å². The van der Waals surface area contributed by atoms with Crippen molar-refractivity contribution >= 4 is 17.5 Å². The van der Waals surface area contributed by atoms with Gasteiger partial charge in [0.1, 0.15) is 12.4 Å². The summed E-state index contributed by atoms with van der Waals surface area (Å²) in [4.78, 5) is 21.5. The van der Waals surface area contributed by atoms with Gasteiger partial charge in [0.05, 0.1) is 5.56 Å². The first-order valence-corrected chi connectivity index (χ1v) is 10.4. The molecule has 1 aliphatic heterocycles. The Kier molecular flexibility index (Phi) is 6.62. The number of hydrogen-bond acceptors (Lipinski definition) is 4. The minimum absolute atomic E-state index is 0.00770. The van der Waals surface area contributed by atoms with Crippen LogP contribution in [0.1, 0.15) is 21.5 Å². The van der Waals surface area contributed by atoms with E-state index in [1.165, 1.54) is 5.56 Å². The Hall–Kier alpha value is -2.89. The molecule has 4 rings (SSSR count). The fraction of sp³-hybridized carbons (Fsp3) is 0.250. The van der Waals surface area contributed by atoms with E-state index in [2.05, 4.69) is 9.88 Å². The van der Waals surface area contributed by atoms with Crippen LogP contribution in [-0.4, -0.2) is 46.9 Å². The van der Waals surface area contributed by atoms with Crippen molar-refractivity contribution < 1.29 is 9.53 Å². The average Bonchev–Trinajstić information content (AvgIpc) is 2.79. The summed E-state index contributed by atoms with van der Waals surface area (Å²) in [5.74, 6) is 0.593. The number of halogens is 1. The number of piperazine rings is 1. The Morgan fingerprint density at radius 1 is 0.933 bits per heavy atom. The molecule has 1 aliphatic rings. The normalized spacial score (nSPS) is 14.5. The van der Waals surface area contributed by atoms with Gasteiger partial charge < -0.3 is 9.64 Å². The molecule has 2 heterocycles. The highest BCUT2D eigenvalue weighted by Crippen LogP contribution is 2.24. The Balaban J connectivity index is 1.37. The number of nitrogens with zero attached hydrogens (tertiary/aromatic N) is 3. The number of aromatic nitrogens is 1. The van der Waals surface area contributed by atoms with Gasteiger partial charge >= 0.3 is 0 Å². The molecule has 0 N–H and O–H groups in total. The van der Waals surface area contributed by atoms with Gasteiger partial charge in [-0.15, -0.1) is 0 Å². The maximum absolute atomic E-state index is 13.2. The first-order valence-electron chi connectivity index (χ1n) is 10.1. The van der Waals surface area contributed by atoms with E-state index in [0.717, 1.165) is 25.2 Å². The molecule has 0 atom stereocenters. The number of benzene rings is 2. The average molecular weight is 422 g/mol. The van der Waals surface area contributed by atoms with Gasteiger partial charge in [-0.2, -0.15) is 0 Å². The molecular weight excluding hydrogens is 398 g/mol. The molecular formula is C24H24ClN3O2. The van der Waals surface area contributed by atoms with Crippen molar-refractivity contribution in [2.24, 2.45) is 0 Å². The molecule has 3 aromatic rings. The van der Waals surface area contributed by atoms with E-state index in [1.807, 2.05) is 78.0 Å². The maximum Gasteiger partial charge on any atom is 0.257 e. The monoisotopic (exact) mass is 421 g/mol. The van der Waals surface area contributed by atoms with E-state index in [-0.39, 0.29) is 5.91 Å². The van der Waals surface area contributed by atoms with Crippen LogP contribution in [0.3, 0.4) is 0 Å². The summed E-state index contributed by atoms with van der Waals surface area (Å²) in [6.45, 7) is 4.28. The van der Waals surface area contributed by atoms with Gasteiger partial charge in [-0.05, 0) is 35.9 Å². The number of para-hydroxylation sites is 1. The maximum atomic E-state index is 13.2. The van der Waals surface area contributed by atoms with Crippen LogP contribution in [0, 0.1) is 0 Å². The molecule has 154 valence electrons. The third-order valence-electron chi connectivity index (χ3n) is 5.27. The Bertz CT molecular complexity index is 989. The lowest BCUT2D eigenvalue weighted by molar-refractivity contribution is 0.0624. The van der Waals surface area contributed by atoms with Crippen LogP contribution in [0.2, 0.25) is 5.02 Å². The second kappa shape index (κ2) is 9.74. The second-order valence-electron chi connectivity index (χ2n) is 7.30. The highest BCUT2D eigenvalue weighted by atomic mass is 35.5. The number of carbonyl (C=O) groups is 1. The molecule has 1 aromatic heterocycles. The highest BCUT2D eigenvalue weighted by molar-refractivity contribution is 6.31. The van der Waals surface area contributed by atoms with Crippen molar-refractivity contribution in [1.82, 2.24) is 14.8 Å². The molecule has 30 heavy (non-hydrogen) atoms. The fourth-order valence-corrected chi connectivity index (χ4v) is 3.76. The van der Waals surface area contributed by atoms with Crippen LogP contribution in [0.4, 0.5) is 0 Å². The fourth-order valence-electron chi connectivity index (χ4n) is 3.57. The predicted molar refractivity (Wildman–Crippen MR) is 118 cm³/mol. The minimum Gasteiger partial charge on any atom is -0.488 e. The van der Waals surface area contributed by atoms with Crippen molar-refractivity contribution in [3.8, 4) is 5.75 Å². The third-order valence-corrected chi connectivity index (χ3v) is 5.64. The summed E-state index contributed by atoms with van der Waals surface area (Å²) in [5, 5.41) is 0.659. The van der Waals surface area contributed by atoms with Crippen LogP contribution >= 0.6 is 11.6 Å². The van der Waals surface area contributed by atoms with Gasteiger partial charge in [0.25, 0.3) is 5.91 Å². The summed E-state index contributed by atoms with van der Waals surface area (Å²) in [5.41, 5.74) is 2.72. The van der Waals surface area contributed by atoms with Crippen LogP contribution in [-0.2, 0) is 13.2 Å². The van der Waals surface area contributed by atoms with Gasteiger partial charge in [0, 0.05) is 55.7 Å². The van der Waals surface area contributed by atoms with Crippen molar-refractivity contribution in [2.75, 3.05) is 26.2 Å². The molecule has 0 aliphatic carbocycles. The largest absolute Gasteiger partial charge is 0.488 e. The number of carbonyl (C=O) groups excluding carboxylic acids is 1. The van der Waals surface area contributed by atoms with Gasteiger partial charge in [-0.3, -0.25) is 14.7 Å². The van der Waals surface area contributed by atoms with Crippen LogP contribution < -0.4 is 4.74 Å². The van der Waals surface area contributed by atoms with E-state index in [9.17, 15) is 4.79 Å². The molecule has 0 bridgehead atoms. The van der Waals surface area contributed by atoms with Crippen LogP contribution in [0.15, 0.2) is 73.1 Å². The van der Waals surface area contributed by atoms with E-state index in [1.54, 1.807) is 0 Å².